The van der Waals surface area contributed by atoms with Crippen LogP contribution in [0.3, 0.4) is 0 Å². The maximum Gasteiger partial charge on any atom is 0.141 e. The molecule has 0 radical (unpaired) electrons. The van der Waals surface area contributed by atoms with E-state index in [2.05, 4.69) is 114 Å². The fourth-order valence-corrected chi connectivity index (χ4v) is 12.8. The largest absolute Gasteiger partial charge is 0.496 e. The summed E-state index contributed by atoms with van der Waals surface area (Å²) in [5, 5.41) is 4.26. The molecule has 0 aliphatic heterocycles. The van der Waals surface area contributed by atoms with Crippen molar-refractivity contribution in [3.05, 3.63) is 260 Å². The van der Waals surface area contributed by atoms with Gasteiger partial charge in [-0.15, -0.1) is 34.0 Å². The Morgan fingerprint density at radius 1 is 0.408 bits per heavy atom. The third-order valence-electron chi connectivity index (χ3n) is 13.3. The maximum atomic E-state index is 6.55. The number of allylic oxidation sites excluding steroid dienone is 2. The lowest BCUT2D eigenvalue weighted by atomic mass is 9.93. The minimum Gasteiger partial charge on any atom is -0.496 e. The Labute approximate surface area is 451 Å². The maximum absolute atomic E-state index is 6.55. The summed E-state index contributed by atoms with van der Waals surface area (Å²) in [5.74, 6) is 3.92. The summed E-state index contributed by atoms with van der Waals surface area (Å²) in [6.45, 7) is 4.56. The van der Waals surface area contributed by atoms with E-state index in [0.717, 1.165) is 137 Å². The van der Waals surface area contributed by atoms with Gasteiger partial charge in [-0.05, 0) is 170 Å². The molecule has 0 saturated carbocycles. The second kappa shape index (κ2) is 20.7. The summed E-state index contributed by atoms with van der Waals surface area (Å²) in [5.41, 5.74) is 16.0. The normalized spacial score (nSPS) is 11.5. The second-order valence-electron chi connectivity index (χ2n) is 18.1. The quantitative estimate of drug-likeness (QED) is 0.0709. The van der Waals surface area contributed by atoms with Crippen molar-refractivity contribution in [3.63, 3.8) is 0 Å². The summed E-state index contributed by atoms with van der Waals surface area (Å²) in [7, 11) is 0. The smallest absolute Gasteiger partial charge is 0.141 e. The molecule has 366 valence electrons. The fourth-order valence-electron chi connectivity index (χ4n) is 9.81. The summed E-state index contributed by atoms with van der Waals surface area (Å²) in [6.07, 6.45) is 12.3. The molecule has 0 spiro atoms. The molecule has 0 bridgehead atoms. The average molecular weight is 1040 g/mol. The van der Waals surface area contributed by atoms with E-state index in [1.54, 1.807) is 71.6 Å². The van der Waals surface area contributed by atoms with Crippen molar-refractivity contribution in [1.29, 1.82) is 0 Å². The molecule has 9 heteroatoms. The molecular weight excluding hydrogens is 997 g/mol. The van der Waals surface area contributed by atoms with E-state index in [1.165, 1.54) is 0 Å². The van der Waals surface area contributed by atoms with Crippen LogP contribution in [0.1, 0.15) is 11.1 Å². The fraction of sp³-hybridized carbons (Fsp3) is 0.0149. The lowest BCUT2D eigenvalue weighted by Crippen LogP contribution is -1.92. The Morgan fingerprint density at radius 2 is 0.934 bits per heavy atom. The van der Waals surface area contributed by atoms with Crippen molar-refractivity contribution in [1.82, 2.24) is 0 Å². The standard InChI is InChI=1S/C67H44O6S3/c1-43(45-13-4-2-5-14-45)22-30-68-42-44-35-47(63-52(23-31-72-63)46-15-6-3-7-16-46)37-48(36-44)64-55(24-32-73-64)53-17-8-9-18-54(53)62-41-58(61-21-12-29-71-61)67(76-62)51-39-49(65-56(25-33-74-65)59-19-10-27-69-59)38-50(40-51)66-57(26-34-75-66)60-20-11-28-70-60/h2-41H,1,42H2/b30-22-. The SMILES string of the molecule is C=C(/C=C\OCc1cc(-c2occc2-c2ccccc2)cc(-c2occc2-c2ccccc2-c2cc(-c3ccco3)c(-c3cc(-c4sccc4-c4ccco4)cc(-c4sccc4-c4ccco4)c3)s2)c1)c1ccccc1. The molecule has 8 heterocycles. The van der Waals surface area contributed by atoms with Crippen molar-refractivity contribution in [2.45, 2.75) is 6.61 Å². The van der Waals surface area contributed by atoms with E-state index in [-0.39, 0.29) is 0 Å². The molecule has 76 heavy (non-hydrogen) atoms. The Bertz CT molecular complexity index is 4030. The molecule has 0 saturated heterocycles. The first kappa shape index (κ1) is 46.7. The van der Waals surface area contributed by atoms with Crippen molar-refractivity contribution >= 4 is 39.6 Å². The first-order valence-electron chi connectivity index (χ1n) is 24.6. The van der Waals surface area contributed by atoms with Gasteiger partial charge in [-0.3, -0.25) is 0 Å². The lowest BCUT2D eigenvalue weighted by molar-refractivity contribution is 0.237. The van der Waals surface area contributed by atoms with Crippen LogP contribution in [0.5, 0.6) is 0 Å². The molecule has 0 fully saturated rings. The molecule has 6 nitrogen and oxygen atoms in total. The third kappa shape index (κ3) is 9.17. The first-order valence-corrected chi connectivity index (χ1v) is 27.2. The van der Waals surface area contributed by atoms with Gasteiger partial charge in [-0.25, -0.2) is 0 Å². The third-order valence-corrected chi connectivity index (χ3v) is 16.5. The van der Waals surface area contributed by atoms with Crippen LogP contribution >= 0.6 is 34.0 Å². The predicted octanol–water partition coefficient (Wildman–Crippen LogP) is 20.9. The van der Waals surface area contributed by atoms with Crippen LogP contribution in [0.25, 0.3) is 126 Å². The van der Waals surface area contributed by atoms with Gasteiger partial charge >= 0.3 is 0 Å². The topological polar surface area (TPSA) is 74.9 Å². The number of ether oxygens (including phenoxy) is 1. The zero-order chi connectivity index (χ0) is 50.8. The molecule has 13 aromatic rings. The van der Waals surface area contributed by atoms with Crippen LogP contribution in [0.4, 0.5) is 0 Å². The predicted molar refractivity (Wildman–Crippen MR) is 311 cm³/mol. The highest BCUT2D eigenvalue weighted by molar-refractivity contribution is 7.19. The van der Waals surface area contributed by atoms with Gasteiger partial charge in [0.25, 0.3) is 0 Å². The van der Waals surface area contributed by atoms with E-state index < -0.39 is 0 Å². The number of hydrogen-bond acceptors (Lipinski definition) is 9. The molecule has 0 aliphatic rings. The minimum atomic E-state index is 0.303. The van der Waals surface area contributed by atoms with Crippen LogP contribution in [0.2, 0.25) is 0 Å². The number of hydrogen-bond donors (Lipinski definition) is 0. The molecule has 0 N–H and O–H groups in total. The minimum absolute atomic E-state index is 0.303. The van der Waals surface area contributed by atoms with Crippen molar-refractivity contribution in [2.24, 2.45) is 0 Å². The van der Waals surface area contributed by atoms with E-state index in [0.29, 0.717) is 6.61 Å². The van der Waals surface area contributed by atoms with Gasteiger partial charge in [0.05, 0.1) is 37.6 Å². The molecule has 0 atom stereocenters. The zero-order valence-electron chi connectivity index (χ0n) is 40.7. The zero-order valence-corrected chi connectivity index (χ0v) is 43.1. The van der Waals surface area contributed by atoms with Crippen LogP contribution in [0, 0.1) is 0 Å². The van der Waals surface area contributed by atoms with Crippen molar-refractivity contribution < 1.29 is 26.8 Å². The van der Waals surface area contributed by atoms with Crippen LogP contribution < -0.4 is 0 Å². The first-order chi connectivity index (χ1) is 37.6. The number of furan rings is 5. The van der Waals surface area contributed by atoms with Gasteiger partial charge in [0, 0.05) is 58.5 Å². The number of thiophene rings is 3. The Morgan fingerprint density at radius 3 is 1.54 bits per heavy atom. The highest BCUT2D eigenvalue weighted by Gasteiger charge is 2.24. The van der Waals surface area contributed by atoms with Crippen molar-refractivity contribution in [2.75, 3.05) is 0 Å². The van der Waals surface area contributed by atoms with Gasteiger partial charge in [0.15, 0.2) is 0 Å². The summed E-state index contributed by atoms with van der Waals surface area (Å²) in [4.78, 5) is 4.39. The summed E-state index contributed by atoms with van der Waals surface area (Å²) < 4.78 is 37.3. The lowest BCUT2D eigenvalue weighted by Gasteiger charge is -2.12. The molecule has 0 amide bonds. The van der Waals surface area contributed by atoms with E-state index in [4.69, 9.17) is 26.8 Å². The molecule has 13 rings (SSSR count). The molecular formula is C67H44O6S3. The van der Waals surface area contributed by atoms with Gasteiger partial charge in [-0.2, -0.15) is 0 Å². The second-order valence-corrected chi connectivity index (χ2v) is 21.0. The molecule has 0 aliphatic carbocycles. The van der Waals surface area contributed by atoms with Gasteiger partial charge in [0.1, 0.15) is 35.4 Å². The number of benzene rings is 5. The molecule has 0 unspecified atom stereocenters. The Kier molecular flexibility index (Phi) is 12.7. The monoisotopic (exact) mass is 1040 g/mol. The summed E-state index contributed by atoms with van der Waals surface area (Å²) >= 11 is 5.15. The average Bonchev–Trinajstić information content (AvgIpc) is 4.32. The van der Waals surface area contributed by atoms with E-state index in [9.17, 15) is 0 Å². The Balaban J connectivity index is 0.922. The van der Waals surface area contributed by atoms with E-state index >= 15 is 0 Å². The van der Waals surface area contributed by atoms with Crippen LogP contribution in [0.15, 0.2) is 271 Å². The van der Waals surface area contributed by atoms with Gasteiger partial charge in [-0.1, -0.05) is 91.5 Å². The van der Waals surface area contributed by atoms with Crippen LogP contribution in [-0.2, 0) is 11.3 Å². The highest BCUT2D eigenvalue weighted by Crippen LogP contribution is 2.51. The molecule has 8 aromatic heterocycles. The summed E-state index contributed by atoms with van der Waals surface area (Å²) in [6, 6.07) is 64.7. The Hall–Kier alpha value is -9.12. The van der Waals surface area contributed by atoms with Crippen molar-refractivity contribution in [3.8, 4) is 121 Å². The molecule has 5 aromatic carbocycles. The van der Waals surface area contributed by atoms with Gasteiger partial charge < -0.3 is 26.8 Å². The van der Waals surface area contributed by atoms with E-state index in [1.807, 2.05) is 97.1 Å². The number of rotatable bonds is 16. The van der Waals surface area contributed by atoms with Gasteiger partial charge in [0.2, 0.25) is 0 Å². The van der Waals surface area contributed by atoms with Crippen LogP contribution in [-0.4, -0.2) is 0 Å². The highest BCUT2D eigenvalue weighted by atomic mass is 32.1.